The lowest BCUT2D eigenvalue weighted by molar-refractivity contribution is 0.727. The number of benzene rings is 1. The zero-order valence-electron chi connectivity index (χ0n) is 11.9. The molecule has 0 fully saturated rings. The molecule has 2 rings (SSSR count). The van der Waals surface area contributed by atoms with E-state index in [1.807, 2.05) is 0 Å². The molecule has 0 amide bonds. The first kappa shape index (κ1) is 12.9. The molecule has 1 heterocycles. The van der Waals surface area contributed by atoms with Gasteiger partial charge in [-0.2, -0.15) is 0 Å². The van der Waals surface area contributed by atoms with Crippen LogP contribution in [0.5, 0.6) is 0 Å². The third-order valence-corrected chi connectivity index (χ3v) is 3.37. The van der Waals surface area contributed by atoms with Crippen LogP contribution >= 0.6 is 0 Å². The van der Waals surface area contributed by atoms with E-state index in [0.717, 1.165) is 42.9 Å². The molecule has 3 heteroatoms. The summed E-state index contributed by atoms with van der Waals surface area (Å²) in [6.07, 6.45) is 2.30. The van der Waals surface area contributed by atoms with Crippen molar-refractivity contribution in [3.8, 4) is 0 Å². The number of fused-ring (bicyclic) bond motifs is 1. The van der Waals surface area contributed by atoms with Crippen molar-refractivity contribution < 1.29 is 0 Å². The monoisotopic (exact) mass is 245 g/mol. The topological polar surface area (TPSA) is 31.9 Å². The second kappa shape index (κ2) is 5.42. The molecular formula is C15H23N3. The number of anilines is 1. The number of hydrogen-bond acceptors (Lipinski definition) is 2. The Morgan fingerprint density at radius 3 is 2.28 bits per heavy atom. The lowest BCUT2D eigenvalue weighted by atomic mass is 10.1. The minimum atomic E-state index is 1.01. The Morgan fingerprint density at radius 1 is 1.06 bits per heavy atom. The first-order valence-corrected chi connectivity index (χ1v) is 6.87. The van der Waals surface area contributed by atoms with Crippen LogP contribution in [0.1, 0.15) is 37.8 Å². The Labute approximate surface area is 109 Å². The second-order valence-corrected chi connectivity index (χ2v) is 5.00. The van der Waals surface area contributed by atoms with E-state index in [0.29, 0.717) is 0 Å². The molecule has 0 radical (unpaired) electrons. The largest absolute Gasteiger partial charge is 0.342 e. The number of aromatic nitrogens is 2. The average Bonchev–Trinajstić information content (AvgIpc) is 2.72. The number of aryl methyl sites for hydroxylation is 2. The van der Waals surface area contributed by atoms with Gasteiger partial charge in [0, 0.05) is 13.1 Å². The van der Waals surface area contributed by atoms with Gasteiger partial charge in [0.2, 0.25) is 5.95 Å². The molecule has 0 saturated carbocycles. The molecule has 1 N–H and O–H groups in total. The van der Waals surface area contributed by atoms with E-state index in [9.17, 15) is 0 Å². The van der Waals surface area contributed by atoms with E-state index in [-0.39, 0.29) is 0 Å². The number of hydrogen-bond donors (Lipinski definition) is 1. The van der Waals surface area contributed by atoms with Gasteiger partial charge in [-0.15, -0.1) is 0 Å². The Hall–Kier alpha value is -1.51. The third kappa shape index (κ3) is 2.50. The van der Waals surface area contributed by atoms with Gasteiger partial charge in [-0.3, -0.25) is 0 Å². The Morgan fingerprint density at radius 2 is 1.67 bits per heavy atom. The molecule has 1 aromatic carbocycles. The summed E-state index contributed by atoms with van der Waals surface area (Å²) >= 11 is 0. The van der Waals surface area contributed by atoms with E-state index < -0.39 is 0 Å². The first-order valence-electron chi connectivity index (χ1n) is 6.87. The molecular weight excluding hydrogens is 222 g/mol. The maximum atomic E-state index is 4.72. The summed E-state index contributed by atoms with van der Waals surface area (Å²) in [6.45, 7) is 10.8. The third-order valence-electron chi connectivity index (χ3n) is 3.37. The number of nitrogens with one attached hydrogen (secondary N) is 1. The van der Waals surface area contributed by atoms with Crippen LogP contribution in [-0.2, 0) is 0 Å². The normalized spacial score (nSPS) is 11.1. The van der Waals surface area contributed by atoms with Crippen molar-refractivity contribution >= 4 is 17.0 Å². The lowest BCUT2D eigenvalue weighted by Gasteiger charge is -2.19. The van der Waals surface area contributed by atoms with E-state index in [1.165, 1.54) is 11.1 Å². The summed E-state index contributed by atoms with van der Waals surface area (Å²) in [5, 5.41) is 0. The first-order chi connectivity index (χ1) is 8.65. The molecule has 0 aliphatic rings. The molecule has 0 atom stereocenters. The molecule has 0 saturated heterocycles. The molecule has 0 unspecified atom stereocenters. The lowest BCUT2D eigenvalue weighted by Crippen LogP contribution is -2.25. The van der Waals surface area contributed by atoms with Crippen molar-refractivity contribution in [1.82, 2.24) is 9.97 Å². The molecule has 3 nitrogen and oxygen atoms in total. The van der Waals surface area contributed by atoms with Crippen molar-refractivity contribution in [1.29, 1.82) is 0 Å². The highest BCUT2D eigenvalue weighted by Gasteiger charge is 2.10. The molecule has 0 bridgehead atoms. The van der Waals surface area contributed by atoms with Gasteiger partial charge in [0.1, 0.15) is 0 Å². The maximum absolute atomic E-state index is 4.72. The molecule has 0 spiro atoms. The van der Waals surface area contributed by atoms with Crippen LogP contribution in [-0.4, -0.2) is 23.1 Å². The molecule has 2 aromatic rings. The minimum Gasteiger partial charge on any atom is -0.342 e. The van der Waals surface area contributed by atoms with Gasteiger partial charge in [-0.25, -0.2) is 4.98 Å². The fraction of sp³-hybridized carbons (Fsp3) is 0.533. The van der Waals surface area contributed by atoms with E-state index in [2.05, 4.69) is 49.7 Å². The van der Waals surface area contributed by atoms with Gasteiger partial charge in [0.25, 0.3) is 0 Å². The van der Waals surface area contributed by atoms with Gasteiger partial charge < -0.3 is 9.88 Å². The average molecular weight is 245 g/mol. The van der Waals surface area contributed by atoms with Gasteiger partial charge in [0.05, 0.1) is 11.0 Å². The molecule has 98 valence electrons. The predicted octanol–water partition coefficient (Wildman–Crippen LogP) is 3.81. The molecule has 0 aliphatic heterocycles. The van der Waals surface area contributed by atoms with Crippen LogP contribution < -0.4 is 4.90 Å². The number of H-pyrrole nitrogens is 1. The van der Waals surface area contributed by atoms with Crippen LogP contribution in [0.25, 0.3) is 11.0 Å². The van der Waals surface area contributed by atoms with Crippen LogP contribution in [0.15, 0.2) is 12.1 Å². The van der Waals surface area contributed by atoms with Gasteiger partial charge in [0.15, 0.2) is 0 Å². The standard InChI is InChI=1S/C15H23N3/c1-5-7-18(8-6-2)15-16-13-9-11(3)12(4)10-14(13)17-15/h9-10H,5-8H2,1-4H3,(H,16,17). The quantitative estimate of drug-likeness (QED) is 0.868. The van der Waals surface area contributed by atoms with Gasteiger partial charge in [-0.1, -0.05) is 13.8 Å². The summed E-state index contributed by atoms with van der Waals surface area (Å²) in [7, 11) is 0. The number of aromatic amines is 1. The maximum Gasteiger partial charge on any atom is 0.203 e. The fourth-order valence-electron chi connectivity index (χ4n) is 2.27. The highest BCUT2D eigenvalue weighted by molar-refractivity contribution is 5.79. The fourth-order valence-corrected chi connectivity index (χ4v) is 2.27. The molecule has 18 heavy (non-hydrogen) atoms. The highest BCUT2D eigenvalue weighted by atomic mass is 15.3. The van der Waals surface area contributed by atoms with E-state index in [4.69, 9.17) is 4.98 Å². The Kier molecular flexibility index (Phi) is 3.90. The summed E-state index contributed by atoms with van der Waals surface area (Å²) in [4.78, 5) is 10.5. The van der Waals surface area contributed by atoms with Gasteiger partial charge >= 0.3 is 0 Å². The smallest absolute Gasteiger partial charge is 0.203 e. The second-order valence-electron chi connectivity index (χ2n) is 5.00. The molecule has 0 aliphatic carbocycles. The van der Waals surface area contributed by atoms with E-state index in [1.54, 1.807) is 0 Å². The van der Waals surface area contributed by atoms with Crippen molar-refractivity contribution in [3.05, 3.63) is 23.3 Å². The Balaban J connectivity index is 2.38. The number of imidazole rings is 1. The number of rotatable bonds is 5. The van der Waals surface area contributed by atoms with Crippen molar-refractivity contribution in [2.75, 3.05) is 18.0 Å². The van der Waals surface area contributed by atoms with Crippen molar-refractivity contribution in [2.24, 2.45) is 0 Å². The SMILES string of the molecule is CCCN(CCC)c1nc2cc(C)c(C)cc2[nH]1. The summed E-state index contributed by atoms with van der Waals surface area (Å²) in [6, 6.07) is 4.36. The zero-order chi connectivity index (χ0) is 13.1. The van der Waals surface area contributed by atoms with Crippen LogP contribution in [0.4, 0.5) is 5.95 Å². The van der Waals surface area contributed by atoms with Gasteiger partial charge in [-0.05, 0) is 49.9 Å². The van der Waals surface area contributed by atoms with Crippen molar-refractivity contribution in [2.45, 2.75) is 40.5 Å². The van der Waals surface area contributed by atoms with Crippen molar-refractivity contribution in [3.63, 3.8) is 0 Å². The van der Waals surface area contributed by atoms with Crippen LogP contribution in [0.2, 0.25) is 0 Å². The van der Waals surface area contributed by atoms with E-state index >= 15 is 0 Å². The summed E-state index contributed by atoms with van der Waals surface area (Å²) in [5.74, 6) is 1.01. The van der Waals surface area contributed by atoms with Crippen LogP contribution in [0.3, 0.4) is 0 Å². The number of nitrogens with zero attached hydrogens (tertiary/aromatic N) is 2. The van der Waals surface area contributed by atoms with Crippen LogP contribution in [0, 0.1) is 13.8 Å². The summed E-state index contributed by atoms with van der Waals surface area (Å²) < 4.78 is 0. The predicted molar refractivity (Wildman–Crippen MR) is 78.4 cm³/mol. The molecule has 1 aromatic heterocycles. The highest BCUT2D eigenvalue weighted by Crippen LogP contribution is 2.21. The zero-order valence-corrected chi connectivity index (χ0v) is 11.9. The summed E-state index contributed by atoms with van der Waals surface area (Å²) in [5.41, 5.74) is 4.84. The Bertz CT molecular complexity index is 483. The minimum absolute atomic E-state index is 1.01.